The van der Waals surface area contributed by atoms with Crippen molar-refractivity contribution in [2.24, 2.45) is 0 Å². The van der Waals surface area contributed by atoms with Crippen LogP contribution in [0.1, 0.15) is 18.9 Å². The Kier molecular flexibility index (Phi) is 9.14. The second-order valence-corrected chi connectivity index (χ2v) is 3.89. The zero-order chi connectivity index (χ0) is 13.8. The molecule has 0 aromatic heterocycles. The Morgan fingerprint density at radius 1 is 1.28 bits per heavy atom. The van der Waals surface area contributed by atoms with Gasteiger partial charge in [-0.15, -0.1) is 0 Å². The zero-order valence-electron chi connectivity index (χ0n) is 10.9. The van der Waals surface area contributed by atoms with Crippen LogP contribution in [0.3, 0.4) is 0 Å². The maximum absolute atomic E-state index is 11.4. The van der Waals surface area contributed by atoms with Crippen LogP contribution in [0.15, 0.2) is 30.3 Å². The number of aryl methyl sites for hydroxylation is 1. The highest BCUT2D eigenvalue weighted by atomic mass is 16.2. The first-order chi connectivity index (χ1) is 8.74. The minimum atomic E-state index is -0.114. The third-order valence-electron chi connectivity index (χ3n) is 2.61. The Morgan fingerprint density at radius 2 is 1.89 bits per heavy atom. The van der Waals surface area contributed by atoms with Gasteiger partial charge in [-0.05, 0) is 32.4 Å². The lowest BCUT2D eigenvalue weighted by molar-refractivity contribution is -0.122. The molecule has 0 saturated heterocycles. The standard InChI is InChI=1S/C13H20N2O.N2/c1-11(14-2)13(16)15-10-6-9-12-7-4-3-5-8-12;1-2/h3-5,7-8,11,14H,6,9-10H2,1-2H3,(H,15,16);/t11-;/m1./s1. The molecule has 0 unspecified atom stereocenters. The molecule has 18 heavy (non-hydrogen) atoms. The molecular formula is C13H20N4O. The molecule has 0 saturated carbocycles. The van der Waals surface area contributed by atoms with Crippen LogP contribution in [-0.2, 0) is 11.2 Å². The second-order valence-electron chi connectivity index (χ2n) is 3.89. The SMILES string of the molecule is CN[C@H](C)C(=O)NCCCc1ccccc1.N#N. The molecule has 0 spiro atoms. The summed E-state index contributed by atoms with van der Waals surface area (Å²) in [6.07, 6.45) is 1.99. The molecule has 2 N–H and O–H groups in total. The van der Waals surface area contributed by atoms with Gasteiger partial charge in [0.2, 0.25) is 5.91 Å². The Balaban J connectivity index is 0.00000137. The number of rotatable bonds is 6. The summed E-state index contributed by atoms with van der Waals surface area (Å²) in [4.78, 5) is 11.4. The molecule has 1 aromatic rings. The summed E-state index contributed by atoms with van der Waals surface area (Å²) in [5, 5.41) is 17.8. The lowest BCUT2D eigenvalue weighted by atomic mass is 10.1. The lowest BCUT2D eigenvalue weighted by Crippen LogP contribution is -2.40. The Morgan fingerprint density at radius 3 is 2.44 bits per heavy atom. The van der Waals surface area contributed by atoms with Gasteiger partial charge >= 0.3 is 0 Å². The van der Waals surface area contributed by atoms with E-state index < -0.39 is 0 Å². The van der Waals surface area contributed by atoms with Crippen molar-refractivity contribution >= 4 is 5.91 Å². The lowest BCUT2D eigenvalue weighted by Gasteiger charge is -2.10. The molecule has 0 fully saturated rings. The average molecular weight is 248 g/mol. The second kappa shape index (κ2) is 10.2. The van der Waals surface area contributed by atoms with Crippen LogP contribution in [0.4, 0.5) is 0 Å². The molecule has 0 radical (unpaired) electrons. The number of amides is 1. The summed E-state index contributed by atoms with van der Waals surface area (Å²) in [6.45, 7) is 2.59. The fourth-order valence-electron chi connectivity index (χ4n) is 1.43. The van der Waals surface area contributed by atoms with Crippen molar-refractivity contribution in [3.05, 3.63) is 35.9 Å². The van der Waals surface area contributed by atoms with E-state index in [4.69, 9.17) is 10.8 Å². The number of nitrogens with one attached hydrogen (secondary N) is 2. The van der Waals surface area contributed by atoms with Crippen molar-refractivity contribution in [1.29, 1.82) is 10.8 Å². The largest absolute Gasteiger partial charge is 0.355 e. The van der Waals surface area contributed by atoms with Gasteiger partial charge in [0.05, 0.1) is 6.04 Å². The van der Waals surface area contributed by atoms with Gasteiger partial charge in [0, 0.05) is 17.3 Å². The quantitative estimate of drug-likeness (QED) is 0.588. The van der Waals surface area contributed by atoms with Crippen LogP contribution in [0.5, 0.6) is 0 Å². The third kappa shape index (κ3) is 6.61. The van der Waals surface area contributed by atoms with E-state index in [0.717, 1.165) is 19.4 Å². The molecule has 5 nitrogen and oxygen atoms in total. The fraction of sp³-hybridized carbons (Fsp3) is 0.462. The number of hydrogen-bond donors (Lipinski definition) is 2. The predicted octanol–water partition coefficient (Wildman–Crippen LogP) is 1.37. The highest BCUT2D eigenvalue weighted by Crippen LogP contribution is 2.01. The first-order valence-corrected chi connectivity index (χ1v) is 5.93. The summed E-state index contributed by atoms with van der Waals surface area (Å²) in [6, 6.07) is 10.2. The molecule has 0 aliphatic carbocycles. The van der Waals surface area contributed by atoms with Gasteiger partial charge < -0.3 is 10.6 Å². The molecule has 5 heteroatoms. The van der Waals surface area contributed by atoms with Crippen LogP contribution in [0.2, 0.25) is 0 Å². The van der Waals surface area contributed by atoms with Gasteiger partial charge in [0.15, 0.2) is 0 Å². The molecule has 0 bridgehead atoms. The van der Waals surface area contributed by atoms with Crippen LogP contribution >= 0.6 is 0 Å². The Labute approximate surface area is 108 Å². The first kappa shape index (κ1) is 16.1. The number of hydrogen-bond acceptors (Lipinski definition) is 4. The number of carbonyl (C=O) groups excluding carboxylic acids is 1. The third-order valence-corrected chi connectivity index (χ3v) is 2.61. The number of carbonyl (C=O) groups is 1. The molecule has 1 aromatic carbocycles. The minimum Gasteiger partial charge on any atom is -0.355 e. The van der Waals surface area contributed by atoms with E-state index in [0.29, 0.717) is 0 Å². The molecule has 0 heterocycles. The zero-order valence-corrected chi connectivity index (χ0v) is 10.9. The van der Waals surface area contributed by atoms with E-state index in [1.54, 1.807) is 7.05 Å². The predicted molar refractivity (Wildman–Crippen MR) is 69.7 cm³/mol. The van der Waals surface area contributed by atoms with E-state index in [1.807, 2.05) is 25.1 Å². The first-order valence-electron chi connectivity index (χ1n) is 5.93. The smallest absolute Gasteiger partial charge is 0.236 e. The summed E-state index contributed by atoms with van der Waals surface area (Å²) in [5.74, 6) is 0.0653. The number of benzene rings is 1. The van der Waals surface area contributed by atoms with Crippen molar-refractivity contribution in [2.75, 3.05) is 13.6 Å². The van der Waals surface area contributed by atoms with Gasteiger partial charge in [-0.25, -0.2) is 0 Å². The average Bonchev–Trinajstić information content (AvgIpc) is 2.45. The summed E-state index contributed by atoms with van der Waals surface area (Å²) in [5.41, 5.74) is 1.32. The van der Waals surface area contributed by atoms with E-state index >= 15 is 0 Å². The van der Waals surface area contributed by atoms with Crippen molar-refractivity contribution < 1.29 is 4.79 Å². The van der Waals surface area contributed by atoms with E-state index in [9.17, 15) is 4.79 Å². The molecule has 1 atom stereocenters. The van der Waals surface area contributed by atoms with Crippen LogP contribution in [0, 0.1) is 10.8 Å². The molecule has 1 amide bonds. The monoisotopic (exact) mass is 248 g/mol. The van der Waals surface area contributed by atoms with E-state index in [1.165, 1.54) is 5.56 Å². The number of nitrogens with zero attached hydrogens (tertiary/aromatic N) is 2. The normalized spacial score (nSPS) is 10.9. The van der Waals surface area contributed by atoms with Crippen molar-refractivity contribution in [2.45, 2.75) is 25.8 Å². The summed E-state index contributed by atoms with van der Waals surface area (Å²) < 4.78 is 0. The highest BCUT2D eigenvalue weighted by molar-refractivity contribution is 5.81. The van der Waals surface area contributed by atoms with E-state index in [-0.39, 0.29) is 11.9 Å². The molecule has 1 rings (SSSR count). The molecule has 0 aliphatic heterocycles. The van der Waals surface area contributed by atoms with Crippen molar-refractivity contribution in [1.82, 2.24) is 10.6 Å². The number of likely N-dealkylation sites (N-methyl/N-ethyl adjacent to an activating group) is 1. The highest BCUT2D eigenvalue weighted by Gasteiger charge is 2.07. The minimum absolute atomic E-state index is 0.0653. The van der Waals surface area contributed by atoms with E-state index in [2.05, 4.69) is 22.8 Å². The fourth-order valence-corrected chi connectivity index (χ4v) is 1.43. The summed E-state index contributed by atoms with van der Waals surface area (Å²) in [7, 11) is 1.79. The maximum atomic E-state index is 11.4. The van der Waals surface area contributed by atoms with Gasteiger partial charge in [-0.2, -0.15) is 0 Å². The van der Waals surface area contributed by atoms with Crippen LogP contribution in [0.25, 0.3) is 0 Å². The van der Waals surface area contributed by atoms with Crippen molar-refractivity contribution in [3.63, 3.8) is 0 Å². The van der Waals surface area contributed by atoms with Gasteiger partial charge in [-0.3, -0.25) is 4.79 Å². The Hall–Kier alpha value is -1.93. The molecule has 98 valence electrons. The van der Waals surface area contributed by atoms with Crippen LogP contribution < -0.4 is 10.6 Å². The Bertz CT molecular complexity index is 351. The van der Waals surface area contributed by atoms with Gasteiger partial charge in [0.25, 0.3) is 0 Å². The molecular weight excluding hydrogens is 228 g/mol. The van der Waals surface area contributed by atoms with Gasteiger partial charge in [-0.1, -0.05) is 30.3 Å². The topological polar surface area (TPSA) is 88.7 Å². The summed E-state index contributed by atoms with van der Waals surface area (Å²) >= 11 is 0. The van der Waals surface area contributed by atoms with Crippen LogP contribution in [-0.4, -0.2) is 25.5 Å². The maximum Gasteiger partial charge on any atom is 0.236 e. The molecule has 0 aliphatic rings. The van der Waals surface area contributed by atoms with Crippen molar-refractivity contribution in [3.8, 4) is 0 Å². The van der Waals surface area contributed by atoms with Gasteiger partial charge in [0.1, 0.15) is 0 Å².